The third kappa shape index (κ3) is 5.02. The number of piperidine rings is 1. The molecule has 2 amide bonds. The molecule has 1 aliphatic rings. The molecule has 0 saturated carbocycles. The van der Waals surface area contributed by atoms with Gasteiger partial charge in [-0.25, -0.2) is 4.79 Å². The van der Waals surface area contributed by atoms with Crippen LogP contribution in [0.2, 0.25) is 0 Å². The molecule has 7 heteroatoms. The van der Waals surface area contributed by atoms with Crippen LogP contribution in [-0.4, -0.2) is 58.1 Å². The second-order valence-corrected chi connectivity index (χ2v) is 5.64. The van der Waals surface area contributed by atoms with Crippen LogP contribution in [0, 0.1) is 6.92 Å². The quantitative estimate of drug-likeness (QED) is 0.746. The Bertz CT molecular complexity index is 468. The van der Waals surface area contributed by atoms with Gasteiger partial charge in [0.1, 0.15) is 5.82 Å². The lowest BCUT2D eigenvalue weighted by atomic mass is 10.1. The minimum absolute atomic E-state index is 0.249. The summed E-state index contributed by atoms with van der Waals surface area (Å²) in [6.07, 6.45) is 3.13. The molecule has 2 rings (SSSR count). The van der Waals surface area contributed by atoms with E-state index in [2.05, 4.69) is 20.6 Å². The fourth-order valence-electron chi connectivity index (χ4n) is 2.60. The maximum absolute atomic E-state index is 11.8. The molecule has 2 heterocycles. The van der Waals surface area contributed by atoms with Crippen molar-refractivity contribution in [2.24, 2.45) is 7.05 Å². The Hall–Kier alpha value is -1.60. The zero-order chi connectivity index (χ0) is 15.2. The predicted molar refractivity (Wildman–Crippen MR) is 81.3 cm³/mol. The smallest absolute Gasteiger partial charge is 0.320 e. The van der Waals surface area contributed by atoms with Crippen molar-refractivity contribution in [1.82, 2.24) is 20.0 Å². The van der Waals surface area contributed by atoms with Crippen LogP contribution in [0.3, 0.4) is 0 Å². The molecule has 1 unspecified atom stereocenters. The summed E-state index contributed by atoms with van der Waals surface area (Å²) >= 11 is 0. The van der Waals surface area contributed by atoms with Gasteiger partial charge in [-0.3, -0.25) is 10.00 Å². The topological polar surface area (TPSA) is 82.4 Å². The third-order valence-electron chi connectivity index (χ3n) is 3.66. The first-order chi connectivity index (χ1) is 10.0. The van der Waals surface area contributed by atoms with Gasteiger partial charge in [0.05, 0.1) is 11.8 Å². The summed E-state index contributed by atoms with van der Waals surface area (Å²) < 4.78 is 1.61. The Morgan fingerprint density at radius 2 is 2.14 bits per heavy atom. The van der Waals surface area contributed by atoms with Gasteiger partial charge in [0.25, 0.3) is 0 Å². The molecule has 7 nitrogen and oxygen atoms in total. The fraction of sp³-hybridized carbons (Fsp3) is 0.714. The highest BCUT2D eigenvalue weighted by Gasteiger charge is 2.15. The molecule has 1 saturated heterocycles. The van der Waals surface area contributed by atoms with Crippen molar-refractivity contribution in [3.05, 3.63) is 11.8 Å². The highest BCUT2D eigenvalue weighted by Crippen LogP contribution is 2.09. The molecule has 118 valence electrons. The summed E-state index contributed by atoms with van der Waals surface area (Å²) in [5.41, 5.74) is 0.845. The normalized spacial score (nSPS) is 17.5. The molecule has 0 bridgehead atoms. The number of aliphatic hydroxyl groups excluding tert-OH is 1. The van der Waals surface area contributed by atoms with Crippen molar-refractivity contribution in [3.63, 3.8) is 0 Å². The number of β-amino-alcohol motifs (C(OH)–C–C–N with tert-alkyl or cyclic N) is 1. The van der Waals surface area contributed by atoms with E-state index >= 15 is 0 Å². The van der Waals surface area contributed by atoms with Gasteiger partial charge >= 0.3 is 6.03 Å². The van der Waals surface area contributed by atoms with Gasteiger partial charge < -0.3 is 15.3 Å². The van der Waals surface area contributed by atoms with Crippen LogP contribution in [-0.2, 0) is 7.05 Å². The third-order valence-corrected chi connectivity index (χ3v) is 3.66. The standard InChI is InChI=1S/C14H25N5O2/c1-11-8-13(18(2)17-11)16-14(21)15-9-12(20)10-19-6-4-3-5-7-19/h8,12,20H,3-7,9-10H2,1-2H3,(H2,15,16,21). The molecule has 1 aliphatic heterocycles. The predicted octanol–water partition coefficient (Wildman–Crippen LogP) is 0.697. The summed E-state index contributed by atoms with van der Waals surface area (Å²) in [5, 5.41) is 19.5. The summed E-state index contributed by atoms with van der Waals surface area (Å²) in [5.74, 6) is 0.635. The first kappa shape index (κ1) is 15.8. The van der Waals surface area contributed by atoms with Crippen LogP contribution in [0.1, 0.15) is 25.0 Å². The summed E-state index contributed by atoms with van der Waals surface area (Å²) in [6, 6.07) is 1.47. The average Bonchev–Trinajstić information content (AvgIpc) is 2.76. The van der Waals surface area contributed by atoms with Gasteiger partial charge in [-0.05, 0) is 32.9 Å². The maximum Gasteiger partial charge on any atom is 0.320 e. The highest BCUT2D eigenvalue weighted by molar-refractivity contribution is 5.88. The van der Waals surface area contributed by atoms with Gasteiger partial charge in [0, 0.05) is 26.2 Å². The molecular weight excluding hydrogens is 270 g/mol. The van der Waals surface area contributed by atoms with Gasteiger partial charge in [-0.15, -0.1) is 0 Å². The Kier molecular flexibility index (Phi) is 5.58. The molecular formula is C14H25N5O2. The molecule has 0 aromatic carbocycles. The number of likely N-dealkylation sites (tertiary alicyclic amines) is 1. The van der Waals surface area contributed by atoms with E-state index in [1.807, 2.05) is 6.92 Å². The van der Waals surface area contributed by atoms with E-state index in [4.69, 9.17) is 0 Å². The monoisotopic (exact) mass is 295 g/mol. The number of nitrogens with zero attached hydrogens (tertiary/aromatic N) is 3. The minimum Gasteiger partial charge on any atom is -0.390 e. The lowest BCUT2D eigenvalue weighted by molar-refractivity contribution is 0.102. The number of rotatable bonds is 5. The number of carbonyl (C=O) groups is 1. The Balaban J connectivity index is 1.69. The summed E-state index contributed by atoms with van der Waals surface area (Å²) in [4.78, 5) is 14.0. The van der Waals surface area contributed by atoms with E-state index in [0.717, 1.165) is 18.8 Å². The number of aryl methyl sites for hydroxylation is 2. The van der Waals surface area contributed by atoms with Crippen LogP contribution in [0.4, 0.5) is 10.6 Å². The Morgan fingerprint density at radius 1 is 1.43 bits per heavy atom. The maximum atomic E-state index is 11.8. The fourth-order valence-corrected chi connectivity index (χ4v) is 2.60. The van der Waals surface area contributed by atoms with Crippen molar-refractivity contribution in [1.29, 1.82) is 0 Å². The van der Waals surface area contributed by atoms with Gasteiger partial charge in [-0.2, -0.15) is 5.10 Å². The number of carbonyl (C=O) groups excluding carboxylic acids is 1. The van der Waals surface area contributed by atoms with Crippen LogP contribution >= 0.6 is 0 Å². The van der Waals surface area contributed by atoms with Gasteiger partial charge in [0.2, 0.25) is 0 Å². The molecule has 1 atom stereocenters. The summed E-state index contributed by atoms with van der Waals surface area (Å²) in [7, 11) is 1.77. The van der Waals surface area contributed by atoms with Crippen LogP contribution in [0.25, 0.3) is 0 Å². The number of amides is 2. The number of hydrogen-bond acceptors (Lipinski definition) is 4. The molecule has 21 heavy (non-hydrogen) atoms. The van der Waals surface area contributed by atoms with Crippen molar-refractivity contribution in [2.45, 2.75) is 32.3 Å². The first-order valence-electron chi connectivity index (χ1n) is 7.50. The molecule has 1 aromatic rings. The zero-order valence-electron chi connectivity index (χ0n) is 12.8. The van der Waals surface area contributed by atoms with E-state index in [-0.39, 0.29) is 12.6 Å². The van der Waals surface area contributed by atoms with Crippen molar-refractivity contribution in [2.75, 3.05) is 31.5 Å². The first-order valence-corrected chi connectivity index (χ1v) is 7.50. The molecule has 0 spiro atoms. The minimum atomic E-state index is -0.540. The van der Waals surface area contributed by atoms with Crippen molar-refractivity contribution in [3.8, 4) is 0 Å². The SMILES string of the molecule is Cc1cc(NC(=O)NCC(O)CN2CCCCC2)n(C)n1. The highest BCUT2D eigenvalue weighted by atomic mass is 16.3. The zero-order valence-corrected chi connectivity index (χ0v) is 12.8. The Labute approximate surface area is 125 Å². The number of aromatic nitrogens is 2. The van der Waals surface area contributed by atoms with E-state index in [1.54, 1.807) is 17.8 Å². The van der Waals surface area contributed by atoms with Gasteiger partial charge in [0.15, 0.2) is 0 Å². The number of aliphatic hydroxyl groups is 1. The van der Waals surface area contributed by atoms with Gasteiger partial charge in [-0.1, -0.05) is 6.42 Å². The molecule has 1 aromatic heterocycles. The summed E-state index contributed by atoms with van der Waals surface area (Å²) in [6.45, 7) is 4.81. The van der Waals surface area contributed by atoms with Crippen LogP contribution in [0.5, 0.6) is 0 Å². The lowest BCUT2D eigenvalue weighted by Crippen LogP contribution is -2.43. The molecule has 1 fully saturated rings. The number of nitrogens with one attached hydrogen (secondary N) is 2. The van der Waals surface area contributed by atoms with Crippen LogP contribution < -0.4 is 10.6 Å². The second-order valence-electron chi connectivity index (χ2n) is 5.64. The second kappa shape index (κ2) is 7.42. The van der Waals surface area contributed by atoms with E-state index in [0.29, 0.717) is 12.4 Å². The van der Waals surface area contributed by atoms with E-state index in [1.165, 1.54) is 19.3 Å². The number of urea groups is 1. The van der Waals surface area contributed by atoms with E-state index in [9.17, 15) is 9.90 Å². The average molecular weight is 295 g/mol. The van der Waals surface area contributed by atoms with E-state index < -0.39 is 6.10 Å². The van der Waals surface area contributed by atoms with Crippen molar-refractivity contribution < 1.29 is 9.90 Å². The van der Waals surface area contributed by atoms with Crippen LogP contribution in [0.15, 0.2) is 6.07 Å². The largest absolute Gasteiger partial charge is 0.390 e. The molecule has 0 radical (unpaired) electrons. The lowest BCUT2D eigenvalue weighted by Gasteiger charge is -2.28. The number of anilines is 1. The van der Waals surface area contributed by atoms with Crippen molar-refractivity contribution >= 4 is 11.8 Å². The molecule has 3 N–H and O–H groups in total. The number of hydrogen-bond donors (Lipinski definition) is 3. The molecule has 0 aliphatic carbocycles. The Morgan fingerprint density at radius 3 is 2.76 bits per heavy atom.